The number of carbonyl (C=O) groups excluding carboxylic acids is 1. The third kappa shape index (κ3) is 1.75. The smallest absolute Gasteiger partial charge is 0.338 e. The second-order valence-electron chi connectivity index (χ2n) is 3.29. The first-order chi connectivity index (χ1) is 7.22. The van der Waals surface area contributed by atoms with Crippen molar-refractivity contribution in [1.29, 1.82) is 0 Å². The standard InChI is InChI=1S/C11H12O4/c1-2-14-11(13)7-5-9(12)8-3-4-15-10(8)6-7/h5-6,12H,2-4H2,1H3. The van der Waals surface area contributed by atoms with E-state index in [1.165, 1.54) is 6.07 Å². The highest BCUT2D eigenvalue weighted by Crippen LogP contribution is 2.34. The summed E-state index contributed by atoms with van der Waals surface area (Å²) in [6.07, 6.45) is 0.685. The van der Waals surface area contributed by atoms with Crippen LogP contribution in [0.2, 0.25) is 0 Å². The summed E-state index contributed by atoms with van der Waals surface area (Å²) in [6.45, 7) is 2.61. The quantitative estimate of drug-likeness (QED) is 0.748. The van der Waals surface area contributed by atoms with E-state index in [1.807, 2.05) is 0 Å². The average Bonchev–Trinajstić information content (AvgIpc) is 2.66. The second-order valence-corrected chi connectivity index (χ2v) is 3.29. The molecule has 2 rings (SSSR count). The molecule has 0 atom stereocenters. The van der Waals surface area contributed by atoms with E-state index in [-0.39, 0.29) is 5.75 Å². The van der Waals surface area contributed by atoms with Gasteiger partial charge in [-0.1, -0.05) is 0 Å². The molecule has 0 spiro atoms. The Labute approximate surface area is 87.4 Å². The van der Waals surface area contributed by atoms with Gasteiger partial charge in [-0.05, 0) is 19.1 Å². The molecule has 1 aromatic carbocycles. The van der Waals surface area contributed by atoms with Crippen LogP contribution in [-0.2, 0) is 11.2 Å². The Balaban J connectivity index is 2.35. The van der Waals surface area contributed by atoms with Crippen LogP contribution in [0, 0.1) is 0 Å². The van der Waals surface area contributed by atoms with Gasteiger partial charge in [-0.25, -0.2) is 4.79 Å². The number of esters is 1. The largest absolute Gasteiger partial charge is 0.508 e. The van der Waals surface area contributed by atoms with Crippen molar-refractivity contribution in [3.8, 4) is 11.5 Å². The molecule has 0 aromatic heterocycles. The first-order valence-corrected chi connectivity index (χ1v) is 4.88. The predicted molar refractivity (Wildman–Crippen MR) is 53.3 cm³/mol. The van der Waals surface area contributed by atoms with Crippen molar-refractivity contribution in [1.82, 2.24) is 0 Å². The summed E-state index contributed by atoms with van der Waals surface area (Å²) >= 11 is 0. The molecular weight excluding hydrogens is 196 g/mol. The van der Waals surface area contributed by atoms with Gasteiger partial charge in [0.25, 0.3) is 0 Å². The zero-order valence-electron chi connectivity index (χ0n) is 8.45. The summed E-state index contributed by atoms with van der Waals surface area (Å²) in [5.41, 5.74) is 1.10. The Morgan fingerprint density at radius 1 is 1.60 bits per heavy atom. The van der Waals surface area contributed by atoms with E-state index in [9.17, 15) is 9.90 Å². The van der Waals surface area contributed by atoms with E-state index in [4.69, 9.17) is 9.47 Å². The number of benzene rings is 1. The maximum atomic E-state index is 11.4. The van der Waals surface area contributed by atoms with E-state index >= 15 is 0 Å². The van der Waals surface area contributed by atoms with Crippen molar-refractivity contribution >= 4 is 5.97 Å². The molecule has 0 unspecified atom stereocenters. The number of phenolic OH excluding ortho intramolecular Hbond substituents is 1. The molecule has 1 aliphatic rings. The molecular formula is C11H12O4. The van der Waals surface area contributed by atoms with Crippen molar-refractivity contribution in [2.24, 2.45) is 0 Å². The van der Waals surface area contributed by atoms with Crippen molar-refractivity contribution < 1.29 is 19.4 Å². The summed E-state index contributed by atoms with van der Waals surface area (Å²) in [6, 6.07) is 3.03. The summed E-state index contributed by atoms with van der Waals surface area (Å²) in [7, 11) is 0. The molecule has 15 heavy (non-hydrogen) atoms. The molecule has 1 aliphatic heterocycles. The van der Waals surface area contributed by atoms with E-state index in [2.05, 4.69) is 0 Å². The molecule has 4 nitrogen and oxygen atoms in total. The summed E-state index contributed by atoms with van der Waals surface area (Å²) < 4.78 is 10.1. The Hall–Kier alpha value is -1.71. The molecule has 0 aliphatic carbocycles. The van der Waals surface area contributed by atoms with Gasteiger partial charge in [0.05, 0.1) is 18.8 Å². The zero-order valence-corrected chi connectivity index (χ0v) is 8.45. The van der Waals surface area contributed by atoms with Crippen LogP contribution in [0.4, 0.5) is 0 Å². The number of hydrogen-bond donors (Lipinski definition) is 1. The highest BCUT2D eigenvalue weighted by atomic mass is 16.5. The summed E-state index contributed by atoms with van der Waals surface area (Å²) in [5, 5.41) is 9.64. The number of fused-ring (bicyclic) bond motifs is 1. The molecule has 80 valence electrons. The van der Waals surface area contributed by atoms with Gasteiger partial charge in [0.2, 0.25) is 0 Å². The molecule has 0 fully saturated rings. The SMILES string of the molecule is CCOC(=O)c1cc(O)c2c(c1)OCC2. The minimum atomic E-state index is -0.439. The second kappa shape index (κ2) is 3.81. The number of carbonyl (C=O) groups is 1. The summed E-state index contributed by atoms with van der Waals surface area (Å²) in [5.74, 6) is 0.247. The Bertz CT molecular complexity index is 398. The van der Waals surface area contributed by atoms with Crippen LogP contribution in [-0.4, -0.2) is 24.3 Å². The molecule has 1 aromatic rings. The lowest BCUT2D eigenvalue weighted by Crippen LogP contribution is -2.04. The van der Waals surface area contributed by atoms with E-state index in [0.717, 1.165) is 5.56 Å². The fourth-order valence-corrected chi connectivity index (χ4v) is 1.61. The van der Waals surface area contributed by atoms with Gasteiger partial charge < -0.3 is 14.6 Å². The molecule has 0 saturated heterocycles. The van der Waals surface area contributed by atoms with E-state index < -0.39 is 5.97 Å². The van der Waals surface area contributed by atoms with Gasteiger partial charge >= 0.3 is 5.97 Å². The van der Waals surface area contributed by atoms with Crippen LogP contribution >= 0.6 is 0 Å². The van der Waals surface area contributed by atoms with Gasteiger partial charge in [0.1, 0.15) is 11.5 Å². The van der Waals surface area contributed by atoms with Gasteiger partial charge in [-0.3, -0.25) is 0 Å². The van der Waals surface area contributed by atoms with E-state index in [0.29, 0.717) is 30.9 Å². The Morgan fingerprint density at radius 2 is 2.40 bits per heavy atom. The van der Waals surface area contributed by atoms with Crippen molar-refractivity contribution in [2.45, 2.75) is 13.3 Å². The minimum absolute atomic E-state index is 0.105. The van der Waals surface area contributed by atoms with Gasteiger partial charge in [0, 0.05) is 12.0 Å². The first kappa shape index (κ1) is 9.83. The third-order valence-electron chi connectivity index (χ3n) is 2.31. The number of rotatable bonds is 2. The molecule has 0 radical (unpaired) electrons. The van der Waals surface area contributed by atoms with Gasteiger partial charge in [-0.2, -0.15) is 0 Å². The fraction of sp³-hybridized carbons (Fsp3) is 0.364. The number of aromatic hydroxyl groups is 1. The van der Waals surface area contributed by atoms with Crippen molar-refractivity contribution in [2.75, 3.05) is 13.2 Å². The molecule has 1 heterocycles. The minimum Gasteiger partial charge on any atom is -0.508 e. The molecule has 4 heteroatoms. The zero-order chi connectivity index (χ0) is 10.8. The lowest BCUT2D eigenvalue weighted by molar-refractivity contribution is 0.0525. The van der Waals surface area contributed by atoms with E-state index in [1.54, 1.807) is 13.0 Å². The van der Waals surface area contributed by atoms with Crippen LogP contribution in [0.3, 0.4) is 0 Å². The highest BCUT2D eigenvalue weighted by molar-refractivity contribution is 5.90. The maximum absolute atomic E-state index is 11.4. The molecule has 0 saturated carbocycles. The van der Waals surface area contributed by atoms with Crippen molar-refractivity contribution in [3.63, 3.8) is 0 Å². The van der Waals surface area contributed by atoms with Crippen LogP contribution in [0.5, 0.6) is 11.5 Å². The Morgan fingerprint density at radius 3 is 3.13 bits per heavy atom. The van der Waals surface area contributed by atoms with Crippen LogP contribution in [0.1, 0.15) is 22.8 Å². The number of phenols is 1. The predicted octanol–water partition coefficient (Wildman–Crippen LogP) is 1.50. The third-order valence-corrected chi connectivity index (χ3v) is 2.31. The van der Waals surface area contributed by atoms with Crippen LogP contribution in [0.25, 0.3) is 0 Å². The van der Waals surface area contributed by atoms with Gasteiger partial charge in [-0.15, -0.1) is 0 Å². The maximum Gasteiger partial charge on any atom is 0.338 e. The topological polar surface area (TPSA) is 55.8 Å². The van der Waals surface area contributed by atoms with Crippen LogP contribution in [0.15, 0.2) is 12.1 Å². The lowest BCUT2D eigenvalue weighted by Gasteiger charge is -2.05. The van der Waals surface area contributed by atoms with Gasteiger partial charge in [0.15, 0.2) is 0 Å². The number of hydrogen-bond acceptors (Lipinski definition) is 4. The lowest BCUT2D eigenvalue weighted by atomic mass is 10.1. The normalized spacial score (nSPS) is 13.1. The Kier molecular flexibility index (Phi) is 2.49. The first-order valence-electron chi connectivity index (χ1n) is 4.88. The monoisotopic (exact) mass is 208 g/mol. The highest BCUT2D eigenvalue weighted by Gasteiger charge is 2.20. The fourth-order valence-electron chi connectivity index (χ4n) is 1.61. The van der Waals surface area contributed by atoms with Crippen molar-refractivity contribution in [3.05, 3.63) is 23.3 Å². The van der Waals surface area contributed by atoms with Crippen LogP contribution < -0.4 is 4.74 Å². The average molecular weight is 208 g/mol. The number of ether oxygens (including phenoxy) is 2. The molecule has 0 bridgehead atoms. The summed E-state index contributed by atoms with van der Waals surface area (Å²) in [4.78, 5) is 11.4. The molecule has 1 N–H and O–H groups in total. The molecule has 0 amide bonds.